The Labute approximate surface area is 93.0 Å². The average Bonchev–Trinajstić information content (AvgIpc) is 2.22. The molecule has 86 valence electrons. The fourth-order valence-corrected chi connectivity index (χ4v) is 1.25. The highest BCUT2D eigenvalue weighted by Gasteiger charge is 1.99. The molecular weight excluding hydrogens is 188 g/mol. The Morgan fingerprint density at radius 1 is 1.27 bits per heavy atom. The molecule has 0 aromatic heterocycles. The van der Waals surface area contributed by atoms with E-state index < -0.39 is 0 Å². The van der Waals surface area contributed by atoms with E-state index in [0.717, 1.165) is 32.1 Å². The Balaban J connectivity index is 3.17. The van der Waals surface area contributed by atoms with Crippen molar-refractivity contribution < 1.29 is 9.53 Å². The molecule has 0 aliphatic rings. The molecule has 0 aliphatic carbocycles. The zero-order valence-corrected chi connectivity index (χ0v) is 9.71. The van der Waals surface area contributed by atoms with Gasteiger partial charge in [-0.1, -0.05) is 24.6 Å². The van der Waals surface area contributed by atoms with Crippen molar-refractivity contribution in [1.82, 2.24) is 0 Å². The van der Waals surface area contributed by atoms with Crippen LogP contribution in [-0.4, -0.2) is 12.6 Å². The van der Waals surface area contributed by atoms with Gasteiger partial charge in [0.25, 0.3) is 0 Å². The summed E-state index contributed by atoms with van der Waals surface area (Å²) in [5.74, 6) is -0.0697. The van der Waals surface area contributed by atoms with E-state index in [0.29, 0.717) is 13.0 Å². The van der Waals surface area contributed by atoms with E-state index in [9.17, 15) is 4.79 Å². The molecule has 0 aromatic rings. The van der Waals surface area contributed by atoms with E-state index in [2.05, 4.69) is 18.7 Å². The molecule has 0 heterocycles. The first kappa shape index (κ1) is 13.9. The molecule has 0 radical (unpaired) electrons. The van der Waals surface area contributed by atoms with Gasteiger partial charge in [0.05, 0.1) is 6.61 Å². The number of ether oxygens (including phenoxy) is 1. The van der Waals surface area contributed by atoms with Crippen molar-refractivity contribution in [2.75, 3.05) is 6.61 Å². The van der Waals surface area contributed by atoms with Gasteiger partial charge in [0, 0.05) is 6.42 Å². The number of hydrogen-bond acceptors (Lipinski definition) is 2. The first-order valence-corrected chi connectivity index (χ1v) is 5.72. The Hall–Kier alpha value is -1.05. The minimum atomic E-state index is -0.0697. The first-order chi connectivity index (χ1) is 7.31. The van der Waals surface area contributed by atoms with Crippen LogP contribution in [0.1, 0.15) is 45.4 Å². The van der Waals surface area contributed by atoms with Gasteiger partial charge in [-0.05, 0) is 32.6 Å². The number of hydrogen-bond donors (Lipinski definition) is 0. The predicted octanol–water partition coefficient (Wildman–Crippen LogP) is 3.63. The molecule has 0 aromatic carbocycles. The molecule has 0 spiro atoms. The zero-order valence-electron chi connectivity index (χ0n) is 9.71. The highest BCUT2D eigenvalue weighted by atomic mass is 16.5. The Bertz CT molecular complexity index is 195. The van der Waals surface area contributed by atoms with Crippen molar-refractivity contribution in [3.8, 4) is 0 Å². The van der Waals surface area contributed by atoms with Crippen molar-refractivity contribution in [3.63, 3.8) is 0 Å². The number of esters is 1. The number of carbonyl (C=O) groups is 1. The summed E-state index contributed by atoms with van der Waals surface area (Å²) < 4.78 is 4.84. The van der Waals surface area contributed by atoms with E-state index >= 15 is 0 Å². The highest BCUT2D eigenvalue weighted by molar-refractivity contribution is 5.69. The largest absolute Gasteiger partial charge is 0.466 e. The fourth-order valence-electron chi connectivity index (χ4n) is 1.25. The molecule has 2 nitrogen and oxygen atoms in total. The molecule has 0 saturated carbocycles. The van der Waals surface area contributed by atoms with Gasteiger partial charge < -0.3 is 4.74 Å². The second kappa shape index (κ2) is 11.0. The predicted molar refractivity (Wildman–Crippen MR) is 63.7 cm³/mol. The highest BCUT2D eigenvalue weighted by Crippen LogP contribution is 2.05. The van der Waals surface area contributed by atoms with Crippen LogP contribution in [0.3, 0.4) is 0 Å². The Morgan fingerprint density at radius 2 is 2.07 bits per heavy atom. The van der Waals surface area contributed by atoms with Crippen LogP contribution in [0.15, 0.2) is 24.8 Å². The van der Waals surface area contributed by atoms with E-state index in [4.69, 9.17) is 4.74 Å². The van der Waals surface area contributed by atoms with Gasteiger partial charge in [0.1, 0.15) is 0 Å². The minimum absolute atomic E-state index is 0.0697. The lowest BCUT2D eigenvalue weighted by molar-refractivity contribution is -0.143. The molecule has 0 aliphatic heterocycles. The van der Waals surface area contributed by atoms with Crippen LogP contribution in [0, 0.1) is 0 Å². The van der Waals surface area contributed by atoms with Crippen LogP contribution in [0.2, 0.25) is 0 Å². The SMILES string of the molecule is C=CC/C=C/CCCCCC(=O)OCC. The van der Waals surface area contributed by atoms with Gasteiger partial charge in [-0.15, -0.1) is 6.58 Å². The van der Waals surface area contributed by atoms with E-state index in [1.54, 1.807) is 0 Å². The van der Waals surface area contributed by atoms with Gasteiger partial charge in [-0.2, -0.15) is 0 Å². The first-order valence-electron chi connectivity index (χ1n) is 5.72. The maximum absolute atomic E-state index is 11.0. The Kier molecular flexibility index (Phi) is 10.3. The van der Waals surface area contributed by atoms with Crippen LogP contribution in [-0.2, 0) is 9.53 Å². The van der Waals surface area contributed by atoms with Gasteiger partial charge in [0.15, 0.2) is 0 Å². The molecule has 0 bridgehead atoms. The monoisotopic (exact) mass is 210 g/mol. The van der Waals surface area contributed by atoms with Crippen molar-refractivity contribution in [3.05, 3.63) is 24.8 Å². The van der Waals surface area contributed by atoms with Crippen molar-refractivity contribution in [2.24, 2.45) is 0 Å². The van der Waals surface area contributed by atoms with Gasteiger partial charge in [-0.3, -0.25) is 4.79 Å². The molecule has 0 saturated heterocycles. The van der Waals surface area contributed by atoms with E-state index in [1.165, 1.54) is 0 Å². The second-order valence-electron chi connectivity index (χ2n) is 3.40. The molecule has 0 atom stereocenters. The van der Waals surface area contributed by atoms with Crippen LogP contribution in [0.5, 0.6) is 0 Å². The van der Waals surface area contributed by atoms with Crippen LogP contribution in [0.25, 0.3) is 0 Å². The summed E-state index contributed by atoms with van der Waals surface area (Å²) >= 11 is 0. The summed E-state index contributed by atoms with van der Waals surface area (Å²) in [6.45, 7) is 5.97. The summed E-state index contributed by atoms with van der Waals surface area (Å²) in [4.78, 5) is 11.0. The summed E-state index contributed by atoms with van der Waals surface area (Å²) in [7, 11) is 0. The lowest BCUT2D eigenvalue weighted by Gasteiger charge is -2.00. The zero-order chi connectivity index (χ0) is 11.4. The maximum atomic E-state index is 11.0. The number of carbonyl (C=O) groups excluding carboxylic acids is 1. The van der Waals surface area contributed by atoms with Crippen molar-refractivity contribution >= 4 is 5.97 Å². The summed E-state index contributed by atoms with van der Waals surface area (Å²) in [6, 6.07) is 0. The van der Waals surface area contributed by atoms with Crippen LogP contribution < -0.4 is 0 Å². The molecule has 0 amide bonds. The molecule has 0 rings (SSSR count). The quantitative estimate of drug-likeness (QED) is 0.330. The standard InChI is InChI=1S/C13H22O2/c1-3-5-6-7-8-9-10-11-12-13(14)15-4-2/h3,6-7H,1,4-5,8-12H2,2H3/b7-6+. The number of rotatable bonds is 9. The topological polar surface area (TPSA) is 26.3 Å². The normalized spacial score (nSPS) is 10.5. The molecular formula is C13H22O2. The van der Waals surface area contributed by atoms with Gasteiger partial charge in [0.2, 0.25) is 0 Å². The average molecular weight is 210 g/mol. The maximum Gasteiger partial charge on any atom is 0.305 e. The molecule has 0 N–H and O–H groups in total. The third-order valence-electron chi connectivity index (χ3n) is 2.03. The summed E-state index contributed by atoms with van der Waals surface area (Å²) in [6.07, 6.45) is 12.0. The van der Waals surface area contributed by atoms with Crippen molar-refractivity contribution in [1.29, 1.82) is 0 Å². The Morgan fingerprint density at radius 3 is 2.73 bits per heavy atom. The second-order valence-corrected chi connectivity index (χ2v) is 3.40. The van der Waals surface area contributed by atoms with Crippen molar-refractivity contribution in [2.45, 2.75) is 45.4 Å². The molecule has 15 heavy (non-hydrogen) atoms. The number of allylic oxidation sites excluding steroid dienone is 3. The molecule has 0 unspecified atom stereocenters. The third kappa shape index (κ3) is 10.9. The van der Waals surface area contributed by atoms with Gasteiger partial charge in [-0.25, -0.2) is 0 Å². The summed E-state index contributed by atoms with van der Waals surface area (Å²) in [5.41, 5.74) is 0. The fraction of sp³-hybridized carbons (Fsp3) is 0.615. The lowest BCUT2D eigenvalue weighted by Crippen LogP contribution is -2.02. The van der Waals surface area contributed by atoms with Crippen LogP contribution in [0.4, 0.5) is 0 Å². The van der Waals surface area contributed by atoms with E-state index in [-0.39, 0.29) is 5.97 Å². The van der Waals surface area contributed by atoms with Gasteiger partial charge >= 0.3 is 5.97 Å². The minimum Gasteiger partial charge on any atom is -0.466 e. The lowest BCUT2D eigenvalue weighted by atomic mass is 10.1. The third-order valence-corrected chi connectivity index (χ3v) is 2.03. The van der Waals surface area contributed by atoms with Crippen LogP contribution >= 0.6 is 0 Å². The molecule has 0 fully saturated rings. The summed E-state index contributed by atoms with van der Waals surface area (Å²) in [5, 5.41) is 0. The molecule has 2 heteroatoms. The smallest absolute Gasteiger partial charge is 0.305 e. The number of unbranched alkanes of at least 4 members (excludes halogenated alkanes) is 3. The van der Waals surface area contributed by atoms with E-state index in [1.807, 2.05) is 13.0 Å².